The summed E-state index contributed by atoms with van der Waals surface area (Å²) in [5.74, 6) is 0.433. The van der Waals surface area contributed by atoms with Crippen molar-refractivity contribution < 1.29 is 9.53 Å². The Bertz CT molecular complexity index is 647. The van der Waals surface area contributed by atoms with Gasteiger partial charge in [-0.2, -0.15) is 0 Å². The largest absolute Gasteiger partial charge is 0.493 e. The molecule has 0 aliphatic carbocycles. The van der Waals surface area contributed by atoms with Gasteiger partial charge in [-0.1, -0.05) is 23.7 Å². The fourth-order valence-corrected chi connectivity index (χ4v) is 2.10. The van der Waals surface area contributed by atoms with Gasteiger partial charge in [-0.15, -0.1) is 0 Å². The van der Waals surface area contributed by atoms with Crippen LogP contribution in [0.2, 0.25) is 5.02 Å². The van der Waals surface area contributed by atoms with Crippen LogP contribution in [0.3, 0.4) is 0 Å². The summed E-state index contributed by atoms with van der Waals surface area (Å²) in [5, 5.41) is 5.87. The van der Waals surface area contributed by atoms with E-state index in [1.807, 2.05) is 25.1 Å². The molecule has 0 radical (unpaired) electrons. The molecule has 0 bridgehead atoms. The fraction of sp³-hybridized carbons (Fsp3) is 0.200. The van der Waals surface area contributed by atoms with Crippen molar-refractivity contribution in [3.63, 3.8) is 0 Å². The fourth-order valence-electron chi connectivity index (χ4n) is 1.85. The van der Waals surface area contributed by atoms with Crippen LogP contribution in [0.15, 0.2) is 36.4 Å². The van der Waals surface area contributed by atoms with Crippen molar-refractivity contribution in [3.8, 4) is 5.75 Å². The van der Waals surface area contributed by atoms with Crippen LogP contribution in [0.5, 0.6) is 5.75 Å². The van der Waals surface area contributed by atoms with Crippen molar-refractivity contribution in [2.24, 2.45) is 0 Å². The van der Waals surface area contributed by atoms with E-state index >= 15 is 0 Å². The third-order valence-corrected chi connectivity index (χ3v) is 3.09. The molecule has 5 nitrogen and oxygen atoms in total. The number of anilines is 1. The van der Waals surface area contributed by atoms with Crippen LogP contribution in [0.4, 0.5) is 10.5 Å². The number of pyridine rings is 1. The quantitative estimate of drug-likeness (QED) is 0.910. The molecule has 0 atom stereocenters. The number of aryl methyl sites for hydroxylation is 1. The van der Waals surface area contributed by atoms with Crippen LogP contribution >= 0.6 is 11.6 Å². The highest BCUT2D eigenvalue weighted by molar-refractivity contribution is 6.32. The molecule has 6 heteroatoms. The van der Waals surface area contributed by atoms with Crippen molar-refractivity contribution in [1.82, 2.24) is 10.3 Å². The molecule has 2 rings (SSSR count). The van der Waals surface area contributed by atoms with Crippen LogP contribution in [0.25, 0.3) is 0 Å². The minimum atomic E-state index is -0.348. The molecule has 1 aromatic carbocycles. The lowest BCUT2D eigenvalue weighted by molar-refractivity contribution is 0.251. The molecule has 2 aromatic rings. The van der Waals surface area contributed by atoms with E-state index in [2.05, 4.69) is 15.6 Å². The van der Waals surface area contributed by atoms with Crippen molar-refractivity contribution in [2.45, 2.75) is 13.5 Å². The maximum atomic E-state index is 11.9. The molecule has 0 aliphatic rings. The van der Waals surface area contributed by atoms with Gasteiger partial charge in [0.2, 0.25) is 0 Å². The second-order valence-electron chi connectivity index (χ2n) is 4.40. The number of para-hydroxylation sites is 1. The number of nitrogens with zero attached hydrogens (tertiary/aromatic N) is 1. The monoisotopic (exact) mass is 305 g/mol. The molecule has 1 aromatic heterocycles. The first-order chi connectivity index (χ1) is 10.1. The number of benzene rings is 1. The van der Waals surface area contributed by atoms with Crippen LogP contribution in [-0.4, -0.2) is 18.1 Å². The minimum Gasteiger partial charge on any atom is -0.493 e. The Morgan fingerprint density at radius 2 is 2.05 bits per heavy atom. The Morgan fingerprint density at radius 3 is 2.76 bits per heavy atom. The smallest absolute Gasteiger partial charge is 0.319 e. The predicted molar refractivity (Wildman–Crippen MR) is 82.8 cm³/mol. The van der Waals surface area contributed by atoms with Crippen LogP contribution in [-0.2, 0) is 6.54 Å². The number of rotatable bonds is 4. The van der Waals surface area contributed by atoms with E-state index in [-0.39, 0.29) is 6.03 Å². The van der Waals surface area contributed by atoms with E-state index in [1.165, 1.54) is 7.11 Å². The Balaban J connectivity index is 1.98. The number of hydrogen-bond acceptors (Lipinski definition) is 3. The van der Waals surface area contributed by atoms with Gasteiger partial charge in [0.1, 0.15) is 0 Å². The number of amides is 2. The second-order valence-corrected chi connectivity index (χ2v) is 4.81. The average Bonchev–Trinajstić information content (AvgIpc) is 2.45. The number of carbonyl (C=O) groups excluding carboxylic acids is 1. The standard InChI is InChI=1S/C15H16ClN3O2/c1-10-5-3-6-11(18-10)9-17-15(20)19-13-8-4-7-12(16)14(13)21-2/h3-8H,9H2,1-2H3,(H2,17,19,20). The summed E-state index contributed by atoms with van der Waals surface area (Å²) in [6, 6.07) is 10.5. The molecule has 0 spiro atoms. The normalized spacial score (nSPS) is 10.0. The predicted octanol–water partition coefficient (Wildman–Crippen LogP) is 3.37. The lowest BCUT2D eigenvalue weighted by atomic mass is 10.3. The van der Waals surface area contributed by atoms with E-state index in [0.717, 1.165) is 11.4 Å². The molecule has 1 heterocycles. The molecule has 2 N–H and O–H groups in total. The van der Waals surface area contributed by atoms with E-state index in [0.29, 0.717) is 23.0 Å². The summed E-state index contributed by atoms with van der Waals surface area (Å²) < 4.78 is 5.17. The number of methoxy groups -OCH3 is 1. The highest BCUT2D eigenvalue weighted by Gasteiger charge is 2.10. The van der Waals surface area contributed by atoms with Gasteiger partial charge in [-0.25, -0.2) is 4.79 Å². The second kappa shape index (κ2) is 6.95. The summed E-state index contributed by atoms with van der Waals surface area (Å²) in [7, 11) is 1.50. The third-order valence-electron chi connectivity index (χ3n) is 2.80. The number of nitrogens with one attached hydrogen (secondary N) is 2. The van der Waals surface area contributed by atoms with Crippen LogP contribution in [0.1, 0.15) is 11.4 Å². The first-order valence-electron chi connectivity index (χ1n) is 6.40. The summed E-state index contributed by atoms with van der Waals surface area (Å²) in [4.78, 5) is 16.2. The number of carbonyl (C=O) groups is 1. The lowest BCUT2D eigenvalue weighted by Gasteiger charge is -2.12. The number of ether oxygens (including phenoxy) is 1. The van der Waals surface area contributed by atoms with Crippen molar-refractivity contribution in [1.29, 1.82) is 0 Å². The number of hydrogen-bond donors (Lipinski definition) is 2. The van der Waals surface area contributed by atoms with Gasteiger partial charge in [0.25, 0.3) is 0 Å². The molecule has 0 fully saturated rings. The van der Waals surface area contributed by atoms with Gasteiger partial charge in [0, 0.05) is 5.69 Å². The van der Waals surface area contributed by atoms with E-state index in [9.17, 15) is 4.79 Å². The van der Waals surface area contributed by atoms with Gasteiger partial charge >= 0.3 is 6.03 Å². The molecular weight excluding hydrogens is 290 g/mol. The summed E-state index contributed by atoms with van der Waals surface area (Å²) in [5.41, 5.74) is 2.22. The Labute approximate surface area is 128 Å². The van der Waals surface area contributed by atoms with Crippen LogP contribution in [0, 0.1) is 6.92 Å². The van der Waals surface area contributed by atoms with Gasteiger partial charge in [0.15, 0.2) is 5.75 Å². The number of aromatic nitrogens is 1. The number of halogens is 1. The average molecular weight is 306 g/mol. The summed E-state index contributed by atoms with van der Waals surface area (Å²) >= 11 is 6.00. The third kappa shape index (κ3) is 4.10. The molecule has 2 amide bonds. The Hall–Kier alpha value is -2.27. The van der Waals surface area contributed by atoms with Crippen LogP contribution < -0.4 is 15.4 Å². The SMILES string of the molecule is COc1c(Cl)cccc1NC(=O)NCc1cccc(C)n1. The zero-order chi connectivity index (χ0) is 15.2. The van der Waals surface area contributed by atoms with E-state index in [1.54, 1.807) is 18.2 Å². The van der Waals surface area contributed by atoms with E-state index < -0.39 is 0 Å². The van der Waals surface area contributed by atoms with Gasteiger partial charge in [-0.3, -0.25) is 4.98 Å². The van der Waals surface area contributed by atoms with Crippen molar-refractivity contribution in [2.75, 3.05) is 12.4 Å². The molecule has 0 saturated heterocycles. The molecule has 110 valence electrons. The first kappa shape index (κ1) is 15.1. The Morgan fingerprint density at radius 1 is 1.29 bits per heavy atom. The van der Waals surface area contributed by atoms with Crippen molar-refractivity contribution in [3.05, 3.63) is 52.8 Å². The first-order valence-corrected chi connectivity index (χ1v) is 6.78. The van der Waals surface area contributed by atoms with Gasteiger partial charge < -0.3 is 15.4 Å². The molecule has 0 aliphatic heterocycles. The highest BCUT2D eigenvalue weighted by atomic mass is 35.5. The zero-order valence-electron chi connectivity index (χ0n) is 11.8. The summed E-state index contributed by atoms with van der Waals surface area (Å²) in [6.07, 6.45) is 0. The minimum absolute atomic E-state index is 0.344. The molecule has 0 saturated carbocycles. The molecule has 21 heavy (non-hydrogen) atoms. The maximum absolute atomic E-state index is 11.9. The Kier molecular flexibility index (Phi) is 5.00. The highest BCUT2D eigenvalue weighted by Crippen LogP contribution is 2.32. The van der Waals surface area contributed by atoms with Crippen molar-refractivity contribution >= 4 is 23.3 Å². The van der Waals surface area contributed by atoms with Gasteiger partial charge in [0.05, 0.1) is 30.1 Å². The molecular formula is C15H16ClN3O2. The van der Waals surface area contributed by atoms with Gasteiger partial charge in [-0.05, 0) is 31.2 Å². The lowest BCUT2D eigenvalue weighted by Crippen LogP contribution is -2.28. The van der Waals surface area contributed by atoms with E-state index in [4.69, 9.17) is 16.3 Å². The zero-order valence-corrected chi connectivity index (χ0v) is 12.6. The molecule has 0 unspecified atom stereocenters. The summed E-state index contributed by atoms with van der Waals surface area (Å²) in [6.45, 7) is 2.25. The topological polar surface area (TPSA) is 63.2 Å². The maximum Gasteiger partial charge on any atom is 0.319 e. The number of urea groups is 1.